The van der Waals surface area contributed by atoms with Crippen LogP contribution >= 0.6 is 0 Å². The van der Waals surface area contributed by atoms with Gasteiger partial charge in [-0.25, -0.2) is 0 Å². The summed E-state index contributed by atoms with van der Waals surface area (Å²) in [6, 6.07) is 2.41. The molecule has 0 spiro atoms. The lowest BCUT2D eigenvalue weighted by Crippen LogP contribution is -2.43. The lowest BCUT2D eigenvalue weighted by atomic mass is 9.77. The standard InChI is InChI=1S/C13H22N2O/c1-10-3-2-4-12(7-10)13(15-14)8-11-5-6-16-9-11/h5-6,9-10,12-13,15H,2-4,7-8,14H2,1H3. The van der Waals surface area contributed by atoms with Crippen LogP contribution in [0.15, 0.2) is 23.0 Å². The van der Waals surface area contributed by atoms with Crippen molar-refractivity contribution in [2.75, 3.05) is 0 Å². The van der Waals surface area contributed by atoms with Gasteiger partial charge in [0, 0.05) is 6.04 Å². The number of furan rings is 1. The van der Waals surface area contributed by atoms with Gasteiger partial charge in [0.05, 0.1) is 12.5 Å². The molecule has 3 nitrogen and oxygen atoms in total. The van der Waals surface area contributed by atoms with Crippen molar-refractivity contribution in [2.45, 2.75) is 45.1 Å². The van der Waals surface area contributed by atoms with E-state index in [1.807, 2.05) is 12.3 Å². The summed E-state index contributed by atoms with van der Waals surface area (Å²) in [7, 11) is 0. The molecule has 1 aromatic heterocycles. The maximum atomic E-state index is 5.69. The molecule has 90 valence electrons. The highest BCUT2D eigenvalue weighted by atomic mass is 16.3. The molecule has 1 fully saturated rings. The number of hydrazine groups is 1. The Kier molecular flexibility index (Phi) is 4.02. The third-order valence-electron chi connectivity index (χ3n) is 3.80. The Hall–Kier alpha value is -0.800. The maximum Gasteiger partial charge on any atom is 0.0935 e. The van der Waals surface area contributed by atoms with E-state index in [0.29, 0.717) is 12.0 Å². The molecule has 3 unspecified atom stereocenters. The summed E-state index contributed by atoms with van der Waals surface area (Å²) in [4.78, 5) is 0. The van der Waals surface area contributed by atoms with Crippen molar-refractivity contribution < 1.29 is 4.42 Å². The average molecular weight is 222 g/mol. The smallest absolute Gasteiger partial charge is 0.0935 e. The average Bonchev–Trinajstić information content (AvgIpc) is 2.78. The molecule has 0 saturated heterocycles. The summed E-state index contributed by atoms with van der Waals surface area (Å²) in [5, 5.41) is 0. The minimum Gasteiger partial charge on any atom is -0.472 e. The molecule has 16 heavy (non-hydrogen) atoms. The van der Waals surface area contributed by atoms with Gasteiger partial charge in [-0.3, -0.25) is 11.3 Å². The first-order valence-electron chi connectivity index (χ1n) is 6.26. The van der Waals surface area contributed by atoms with E-state index in [-0.39, 0.29) is 0 Å². The second kappa shape index (κ2) is 5.51. The Morgan fingerprint density at radius 1 is 1.56 bits per heavy atom. The van der Waals surface area contributed by atoms with Crippen LogP contribution in [0, 0.1) is 11.8 Å². The molecule has 0 bridgehead atoms. The third kappa shape index (κ3) is 2.86. The Morgan fingerprint density at radius 3 is 3.06 bits per heavy atom. The number of hydrogen-bond acceptors (Lipinski definition) is 3. The normalized spacial score (nSPS) is 27.9. The fourth-order valence-electron chi connectivity index (χ4n) is 2.87. The van der Waals surface area contributed by atoms with Crippen LogP contribution in [-0.4, -0.2) is 6.04 Å². The van der Waals surface area contributed by atoms with Gasteiger partial charge in [-0.1, -0.05) is 19.8 Å². The van der Waals surface area contributed by atoms with E-state index in [1.54, 1.807) is 6.26 Å². The zero-order chi connectivity index (χ0) is 11.4. The van der Waals surface area contributed by atoms with Gasteiger partial charge >= 0.3 is 0 Å². The largest absolute Gasteiger partial charge is 0.472 e. The number of nitrogens with two attached hydrogens (primary N) is 1. The topological polar surface area (TPSA) is 51.2 Å². The van der Waals surface area contributed by atoms with Gasteiger partial charge in [0.15, 0.2) is 0 Å². The highest BCUT2D eigenvalue weighted by Gasteiger charge is 2.26. The minimum atomic E-state index is 0.389. The van der Waals surface area contributed by atoms with Gasteiger partial charge < -0.3 is 4.42 Å². The maximum absolute atomic E-state index is 5.69. The molecule has 1 aliphatic carbocycles. The molecular weight excluding hydrogens is 200 g/mol. The highest BCUT2D eigenvalue weighted by molar-refractivity contribution is 5.08. The zero-order valence-electron chi connectivity index (χ0n) is 9.99. The summed E-state index contributed by atoms with van der Waals surface area (Å²) in [5.74, 6) is 7.24. The lowest BCUT2D eigenvalue weighted by Gasteiger charge is -2.32. The molecule has 3 N–H and O–H groups in total. The zero-order valence-corrected chi connectivity index (χ0v) is 9.99. The highest BCUT2D eigenvalue weighted by Crippen LogP contribution is 2.31. The van der Waals surface area contributed by atoms with E-state index in [0.717, 1.165) is 12.3 Å². The SMILES string of the molecule is CC1CCCC(C(Cc2ccoc2)NN)C1. The minimum absolute atomic E-state index is 0.389. The van der Waals surface area contributed by atoms with Crippen molar-refractivity contribution >= 4 is 0 Å². The lowest BCUT2D eigenvalue weighted by molar-refractivity contribution is 0.222. The molecule has 0 amide bonds. The van der Waals surface area contributed by atoms with E-state index in [1.165, 1.54) is 31.2 Å². The number of hydrogen-bond donors (Lipinski definition) is 2. The van der Waals surface area contributed by atoms with Crippen LogP contribution in [0.5, 0.6) is 0 Å². The fraction of sp³-hybridized carbons (Fsp3) is 0.692. The Balaban J connectivity index is 1.93. The van der Waals surface area contributed by atoms with Crippen LogP contribution in [0.4, 0.5) is 0 Å². The number of rotatable bonds is 4. The summed E-state index contributed by atoms with van der Waals surface area (Å²) in [6.07, 6.45) is 9.84. The van der Waals surface area contributed by atoms with E-state index in [2.05, 4.69) is 12.3 Å². The first-order chi connectivity index (χ1) is 7.79. The molecule has 1 saturated carbocycles. The van der Waals surface area contributed by atoms with Crippen molar-refractivity contribution in [3.8, 4) is 0 Å². The van der Waals surface area contributed by atoms with Gasteiger partial charge in [0.1, 0.15) is 0 Å². The summed E-state index contributed by atoms with van der Waals surface area (Å²) in [5.41, 5.74) is 4.23. The summed E-state index contributed by atoms with van der Waals surface area (Å²) >= 11 is 0. The monoisotopic (exact) mass is 222 g/mol. The molecule has 1 heterocycles. The molecule has 0 radical (unpaired) electrons. The summed E-state index contributed by atoms with van der Waals surface area (Å²) < 4.78 is 5.10. The molecule has 1 aliphatic rings. The van der Waals surface area contributed by atoms with Crippen molar-refractivity contribution in [1.29, 1.82) is 0 Å². The molecular formula is C13H22N2O. The second-order valence-electron chi connectivity index (χ2n) is 5.14. The van der Waals surface area contributed by atoms with Crippen LogP contribution in [0.25, 0.3) is 0 Å². The van der Waals surface area contributed by atoms with Gasteiger partial charge in [0.25, 0.3) is 0 Å². The van der Waals surface area contributed by atoms with Gasteiger partial charge in [-0.2, -0.15) is 0 Å². The van der Waals surface area contributed by atoms with Gasteiger partial charge in [0.2, 0.25) is 0 Å². The molecule has 3 atom stereocenters. The van der Waals surface area contributed by atoms with Crippen molar-refractivity contribution in [2.24, 2.45) is 17.7 Å². The third-order valence-corrected chi connectivity index (χ3v) is 3.80. The quantitative estimate of drug-likeness (QED) is 0.608. The first kappa shape index (κ1) is 11.7. The van der Waals surface area contributed by atoms with E-state index in [4.69, 9.17) is 10.3 Å². The number of nitrogens with one attached hydrogen (secondary N) is 1. The van der Waals surface area contributed by atoms with Gasteiger partial charge in [-0.15, -0.1) is 0 Å². The van der Waals surface area contributed by atoms with Crippen LogP contribution in [-0.2, 0) is 6.42 Å². The predicted molar refractivity (Wildman–Crippen MR) is 64.6 cm³/mol. The van der Waals surface area contributed by atoms with Crippen molar-refractivity contribution in [3.05, 3.63) is 24.2 Å². The van der Waals surface area contributed by atoms with Gasteiger partial charge in [-0.05, 0) is 42.7 Å². The molecule has 3 heteroatoms. The Bertz CT molecular complexity index is 297. The molecule has 2 rings (SSSR count). The van der Waals surface area contributed by atoms with Crippen LogP contribution < -0.4 is 11.3 Å². The van der Waals surface area contributed by atoms with Crippen LogP contribution in [0.2, 0.25) is 0 Å². The fourth-order valence-corrected chi connectivity index (χ4v) is 2.87. The second-order valence-corrected chi connectivity index (χ2v) is 5.14. The van der Waals surface area contributed by atoms with Crippen molar-refractivity contribution in [1.82, 2.24) is 5.43 Å². The van der Waals surface area contributed by atoms with E-state index >= 15 is 0 Å². The summed E-state index contributed by atoms with van der Waals surface area (Å²) in [6.45, 7) is 2.34. The Labute approximate surface area is 97.4 Å². The molecule has 1 aromatic rings. The predicted octanol–water partition coefficient (Wildman–Crippen LogP) is 2.48. The first-order valence-corrected chi connectivity index (χ1v) is 6.26. The van der Waals surface area contributed by atoms with Crippen LogP contribution in [0.3, 0.4) is 0 Å². The van der Waals surface area contributed by atoms with E-state index in [9.17, 15) is 0 Å². The Morgan fingerprint density at radius 2 is 2.44 bits per heavy atom. The molecule has 0 aromatic carbocycles. The van der Waals surface area contributed by atoms with E-state index < -0.39 is 0 Å². The molecule has 0 aliphatic heterocycles. The van der Waals surface area contributed by atoms with Crippen molar-refractivity contribution in [3.63, 3.8) is 0 Å². The van der Waals surface area contributed by atoms with Crippen LogP contribution in [0.1, 0.15) is 38.2 Å².